The summed E-state index contributed by atoms with van der Waals surface area (Å²) in [5.74, 6) is 1.75. The predicted octanol–water partition coefficient (Wildman–Crippen LogP) is 4.92. The Morgan fingerprint density at radius 1 is 1.33 bits per heavy atom. The average molecular weight is 246 g/mol. The lowest BCUT2D eigenvalue weighted by molar-refractivity contribution is 0.162. The van der Waals surface area contributed by atoms with Crippen LogP contribution < -0.4 is 4.74 Å². The van der Waals surface area contributed by atoms with Crippen LogP contribution in [0.5, 0.6) is 5.75 Å². The highest BCUT2D eigenvalue weighted by atomic mass is 16.5. The van der Waals surface area contributed by atoms with Gasteiger partial charge in [0.25, 0.3) is 0 Å². The van der Waals surface area contributed by atoms with Crippen LogP contribution in [0.2, 0.25) is 0 Å². The van der Waals surface area contributed by atoms with Gasteiger partial charge in [-0.3, -0.25) is 0 Å². The summed E-state index contributed by atoms with van der Waals surface area (Å²) in [6.45, 7) is 11.3. The van der Waals surface area contributed by atoms with Gasteiger partial charge in [0, 0.05) is 0 Å². The van der Waals surface area contributed by atoms with E-state index in [1.807, 2.05) is 0 Å². The summed E-state index contributed by atoms with van der Waals surface area (Å²) in [7, 11) is 0. The molecule has 0 saturated carbocycles. The molecule has 1 aliphatic heterocycles. The van der Waals surface area contributed by atoms with Gasteiger partial charge in [-0.1, -0.05) is 27.2 Å². The van der Waals surface area contributed by atoms with E-state index >= 15 is 0 Å². The molecule has 0 spiro atoms. The Kier molecular flexibility index (Phi) is 3.99. The molecule has 1 aliphatic rings. The Morgan fingerprint density at radius 3 is 2.67 bits per heavy atom. The summed E-state index contributed by atoms with van der Waals surface area (Å²) in [6.07, 6.45) is 5.20. The lowest BCUT2D eigenvalue weighted by atomic mass is 9.86. The normalized spacial score (nSPS) is 18.7. The highest BCUT2D eigenvalue weighted by Crippen LogP contribution is 2.37. The number of benzene rings is 1. The molecule has 0 aliphatic carbocycles. The van der Waals surface area contributed by atoms with Crippen molar-refractivity contribution in [3.63, 3.8) is 0 Å². The van der Waals surface area contributed by atoms with Crippen LogP contribution in [0.25, 0.3) is 0 Å². The number of fused-ring (bicyclic) bond motifs is 1. The Hall–Kier alpha value is -0.980. The van der Waals surface area contributed by atoms with Crippen LogP contribution in [0.15, 0.2) is 6.07 Å². The van der Waals surface area contributed by atoms with Crippen molar-refractivity contribution in [2.45, 2.75) is 72.3 Å². The molecular weight excluding hydrogens is 220 g/mol. The van der Waals surface area contributed by atoms with Crippen molar-refractivity contribution >= 4 is 0 Å². The van der Waals surface area contributed by atoms with E-state index < -0.39 is 0 Å². The first-order valence-electron chi connectivity index (χ1n) is 7.34. The molecule has 1 unspecified atom stereocenters. The Balaban J connectivity index is 2.37. The van der Waals surface area contributed by atoms with Crippen LogP contribution in [-0.2, 0) is 6.42 Å². The third kappa shape index (κ3) is 2.41. The molecule has 0 N–H and O–H groups in total. The van der Waals surface area contributed by atoms with Gasteiger partial charge in [-0.2, -0.15) is 0 Å². The van der Waals surface area contributed by atoms with E-state index in [4.69, 9.17) is 4.74 Å². The van der Waals surface area contributed by atoms with Crippen LogP contribution >= 0.6 is 0 Å². The van der Waals surface area contributed by atoms with Crippen LogP contribution in [0.4, 0.5) is 0 Å². The van der Waals surface area contributed by atoms with Crippen molar-refractivity contribution in [2.75, 3.05) is 0 Å². The lowest BCUT2D eigenvalue weighted by Gasteiger charge is -2.29. The predicted molar refractivity (Wildman–Crippen MR) is 77.7 cm³/mol. The molecule has 0 bridgehead atoms. The van der Waals surface area contributed by atoms with Crippen molar-refractivity contribution in [2.24, 2.45) is 0 Å². The highest BCUT2D eigenvalue weighted by molar-refractivity contribution is 5.50. The Bertz CT molecular complexity index is 432. The second-order valence-corrected chi connectivity index (χ2v) is 5.93. The molecule has 2 rings (SSSR count). The summed E-state index contributed by atoms with van der Waals surface area (Å²) in [4.78, 5) is 0. The zero-order chi connectivity index (χ0) is 13.3. The van der Waals surface area contributed by atoms with E-state index in [2.05, 4.69) is 40.7 Å². The first-order valence-corrected chi connectivity index (χ1v) is 7.34. The minimum Gasteiger partial charge on any atom is -0.490 e. The zero-order valence-electron chi connectivity index (χ0n) is 12.5. The second kappa shape index (κ2) is 5.34. The number of aryl methyl sites for hydroxylation is 1. The number of rotatable bonds is 3. The van der Waals surface area contributed by atoms with Gasteiger partial charge in [0.1, 0.15) is 5.75 Å². The molecule has 0 radical (unpaired) electrons. The van der Waals surface area contributed by atoms with Crippen LogP contribution in [0, 0.1) is 13.8 Å². The van der Waals surface area contributed by atoms with Gasteiger partial charge in [-0.05, 0) is 67.3 Å². The second-order valence-electron chi connectivity index (χ2n) is 5.93. The maximum atomic E-state index is 6.17. The maximum absolute atomic E-state index is 6.17. The fraction of sp³-hybridized carbons (Fsp3) is 0.647. The fourth-order valence-electron chi connectivity index (χ4n) is 3.38. The summed E-state index contributed by atoms with van der Waals surface area (Å²) in [5.41, 5.74) is 5.83. The van der Waals surface area contributed by atoms with E-state index in [1.54, 1.807) is 0 Å². The minimum atomic E-state index is 0.436. The summed E-state index contributed by atoms with van der Waals surface area (Å²) in [6, 6.07) is 2.26. The highest BCUT2D eigenvalue weighted by Gasteiger charge is 2.23. The van der Waals surface area contributed by atoms with Crippen LogP contribution in [-0.4, -0.2) is 6.10 Å². The molecule has 0 fully saturated rings. The Morgan fingerprint density at radius 2 is 2.06 bits per heavy atom. The lowest BCUT2D eigenvalue weighted by Crippen LogP contribution is -2.23. The molecule has 18 heavy (non-hydrogen) atoms. The molecule has 0 aromatic heterocycles. The number of hydrogen-bond acceptors (Lipinski definition) is 1. The van der Waals surface area contributed by atoms with Crippen molar-refractivity contribution < 1.29 is 4.74 Å². The maximum Gasteiger partial charge on any atom is 0.123 e. The van der Waals surface area contributed by atoms with E-state index in [0.29, 0.717) is 12.0 Å². The SMILES string of the molecule is CCCC1CCc2c(cc(C)c(C(C)C)c2C)O1. The van der Waals surface area contributed by atoms with Crippen molar-refractivity contribution in [1.29, 1.82) is 0 Å². The van der Waals surface area contributed by atoms with Crippen LogP contribution in [0.1, 0.15) is 68.2 Å². The first kappa shape index (κ1) is 13.5. The molecule has 1 aromatic carbocycles. The molecule has 0 saturated heterocycles. The molecule has 1 nitrogen and oxygen atoms in total. The topological polar surface area (TPSA) is 9.23 Å². The van der Waals surface area contributed by atoms with E-state index in [0.717, 1.165) is 5.75 Å². The minimum absolute atomic E-state index is 0.436. The third-order valence-electron chi connectivity index (χ3n) is 4.12. The van der Waals surface area contributed by atoms with Gasteiger partial charge < -0.3 is 4.74 Å². The van der Waals surface area contributed by atoms with Gasteiger partial charge in [0.05, 0.1) is 6.10 Å². The number of hydrogen-bond donors (Lipinski definition) is 0. The average Bonchev–Trinajstić information content (AvgIpc) is 2.28. The van der Waals surface area contributed by atoms with Crippen molar-refractivity contribution in [3.05, 3.63) is 28.3 Å². The van der Waals surface area contributed by atoms with E-state index in [9.17, 15) is 0 Å². The molecule has 1 aromatic rings. The van der Waals surface area contributed by atoms with Gasteiger partial charge in [0.15, 0.2) is 0 Å². The first-order chi connectivity index (χ1) is 8.54. The largest absolute Gasteiger partial charge is 0.490 e. The van der Waals surface area contributed by atoms with Gasteiger partial charge in [-0.15, -0.1) is 0 Å². The zero-order valence-corrected chi connectivity index (χ0v) is 12.5. The van der Waals surface area contributed by atoms with Crippen molar-refractivity contribution in [3.8, 4) is 5.75 Å². The fourth-order valence-corrected chi connectivity index (χ4v) is 3.38. The summed E-state index contributed by atoms with van der Waals surface area (Å²) >= 11 is 0. The Labute approximate surface area is 112 Å². The smallest absolute Gasteiger partial charge is 0.123 e. The van der Waals surface area contributed by atoms with Crippen molar-refractivity contribution in [1.82, 2.24) is 0 Å². The molecule has 1 heterocycles. The standard InChI is InChI=1S/C17H26O/c1-6-7-14-8-9-15-13(5)17(11(2)3)12(4)10-16(15)18-14/h10-11,14H,6-9H2,1-5H3. The van der Waals surface area contributed by atoms with E-state index in [-0.39, 0.29) is 0 Å². The number of ether oxygens (including phenoxy) is 1. The van der Waals surface area contributed by atoms with Gasteiger partial charge in [-0.25, -0.2) is 0 Å². The molecule has 100 valence electrons. The summed E-state index contributed by atoms with van der Waals surface area (Å²) in [5, 5.41) is 0. The third-order valence-corrected chi connectivity index (χ3v) is 4.12. The monoisotopic (exact) mass is 246 g/mol. The summed E-state index contributed by atoms with van der Waals surface area (Å²) < 4.78 is 6.17. The molecule has 1 heteroatoms. The molecule has 0 amide bonds. The van der Waals surface area contributed by atoms with E-state index in [1.165, 1.54) is 47.9 Å². The van der Waals surface area contributed by atoms with Crippen LogP contribution in [0.3, 0.4) is 0 Å². The van der Waals surface area contributed by atoms with Gasteiger partial charge in [0.2, 0.25) is 0 Å². The molecular formula is C17H26O. The molecule has 1 atom stereocenters. The van der Waals surface area contributed by atoms with Gasteiger partial charge >= 0.3 is 0 Å². The quantitative estimate of drug-likeness (QED) is 0.735.